The number of benzene rings is 1. The third-order valence-electron chi connectivity index (χ3n) is 5.81. The molecular formula is C25H29FN6O2. The van der Waals surface area contributed by atoms with Gasteiger partial charge in [-0.2, -0.15) is 0 Å². The van der Waals surface area contributed by atoms with E-state index in [-0.39, 0.29) is 24.2 Å². The lowest BCUT2D eigenvalue weighted by Crippen LogP contribution is -2.31. The topological polar surface area (TPSA) is 93.1 Å². The average molecular weight is 465 g/mol. The zero-order valence-electron chi connectivity index (χ0n) is 19.6. The van der Waals surface area contributed by atoms with Gasteiger partial charge in [0.2, 0.25) is 5.88 Å². The normalized spacial score (nSPS) is 12.7. The van der Waals surface area contributed by atoms with Crippen LogP contribution >= 0.6 is 0 Å². The lowest BCUT2D eigenvalue weighted by Gasteiger charge is -2.18. The molecule has 0 spiro atoms. The second kappa shape index (κ2) is 11.0. The number of amides is 1. The second-order valence-corrected chi connectivity index (χ2v) is 8.46. The van der Waals surface area contributed by atoms with Crippen molar-refractivity contribution in [3.63, 3.8) is 0 Å². The Hall–Kier alpha value is -3.62. The number of halogens is 1. The highest BCUT2D eigenvalue weighted by Gasteiger charge is 2.15. The van der Waals surface area contributed by atoms with Gasteiger partial charge in [-0.25, -0.2) is 14.4 Å². The van der Waals surface area contributed by atoms with Crippen LogP contribution < -0.4 is 15.0 Å². The van der Waals surface area contributed by atoms with E-state index in [2.05, 4.69) is 25.5 Å². The Kier molecular flexibility index (Phi) is 7.61. The number of aryl methyl sites for hydroxylation is 2. The van der Waals surface area contributed by atoms with Crippen molar-refractivity contribution in [2.45, 2.75) is 45.6 Å². The van der Waals surface area contributed by atoms with Crippen molar-refractivity contribution in [1.29, 1.82) is 0 Å². The first-order valence-electron chi connectivity index (χ1n) is 11.5. The first-order valence-corrected chi connectivity index (χ1v) is 11.5. The van der Waals surface area contributed by atoms with Gasteiger partial charge in [-0.05, 0) is 61.9 Å². The molecule has 0 bridgehead atoms. The highest BCUT2D eigenvalue weighted by molar-refractivity contribution is 5.77. The summed E-state index contributed by atoms with van der Waals surface area (Å²) >= 11 is 0. The maximum absolute atomic E-state index is 13.1. The molecule has 1 amide bonds. The van der Waals surface area contributed by atoms with Crippen molar-refractivity contribution in [2.75, 3.05) is 25.1 Å². The van der Waals surface area contributed by atoms with Crippen LogP contribution in [-0.4, -0.2) is 46.3 Å². The predicted molar refractivity (Wildman–Crippen MR) is 126 cm³/mol. The Morgan fingerprint density at radius 1 is 1.09 bits per heavy atom. The minimum Gasteiger partial charge on any atom is -0.466 e. The second-order valence-electron chi connectivity index (χ2n) is 8.46. The maximum Gasteiger partial charge on any atom is 0.258 e. The molecule has 0 saturated heterocycles. The molecule has 8 nitrogen and oxygen atoms in total. The molecule has 2 heterocycles. The summed E-state index contributed by atoms with van der Waals surface area (Å²) in [5, 5.41) is 11.0. The molecule has 0 unspecified atom stereocenters. The van der Waals surface area contributed by atoms with Crippen LogP contribution in [-0.2, 0) is 30.6 Å². The van der Waals surface area contributed by atoms with E-state index in [1.54, 1.807) is 24.3 Å². The summed E-state index contributed by atoms with van der Waals surface area (Å²) in [7, 11) is 1.87. The van der Waals surface area contributed by atoms with E-state index in [1.165, 1.54) is 30.5 Å². The molecule has 1 N–H and O–H groups in total. The third kappa shape index (κ3) is 6.24. The van der Waals surface area contributed by atoms with Gasteiger partial charge in [0.25, 0.3) is 5.91 Å². The number of nitrogens with zero attached hydrogens (tertiary/aromatic N) is 5. The monoisotopic (exact) mass is 464 g/mol. The molecule has 1 aliphatic rings. The number of hydrogen-bond donors (Lipinski definition) is 1. The van der Waals surface area contributed by atoms with Crippen molar-refractivity contribution in [1.82, 2.24) is 25.5 Å². The molecule has 9 heteroatoms. The standard InChI is InChI=1S/C25H29FN6O2/c1-17-20-5-3-4-6-21(20)29-22(28-17)13-14-27-24(33)16-34-25-12-11-23(30-31-25)32(2)15-18-7-9-19(26)10-8-18/h7-12H,3-6,13-16H2,1-2H3,(H,27,33). The van der Waals surface area contributed by atoms with Gasteiger partial charge in [-0.3, -0.25) is 4.79 Å². The van der Waals surface area contributed by atoms with E-state index in [0.29, 0.717) is 25.3 Å². The van der Waals surface area contributed by atoms with Crippen LogP contribution in [0.15, 0.2) is 36.4 Å². The summed E-state index contributed by atoms with van der Waals surface area (Å²) in [5.74, 6) is 1.17. The van der Waals surface area contributed by atoms with Gasteiger partial charge in [0.1, 0.15) is 11.6 Å². The van der Waals surface area contributed by atoms with Gasteiger partial charge >= 0.3 is 0 Å². The molecule has 0 fully saturated rings. The van der Waals surface area contributed by atoms with Gasteiger partial charge in [-0.15, -0.1) is 10.2 Å². The first kappa shape index (κ1) is 23.5. The summed E-state index contributed by atoms with van der Waals surface area (Å²) in [6.07, 6.45) is 5.02. The number of ether oxygens (including phenoxy) is 1. The molecule has 4 rings (SSSR count). The summed E-state index contributed by atoms with van der Waals surface area (Å²) in [6.45, 7) is 2.89. The third-order valence-corrected chi connectivity index (χ3v) is 5.81. The Labute approximate surface area is 198 Å². The minimum absolute atomic E-state index is 0.149. The van der Waals surface area contributed by atoms with Crippen LogP contribution in [0.4, 0.5) is 10.2 Å². The molecule has 1 aliphatic carbocycles. The summed E-state index contributed by atoms with van der Waals surface area (Å²) in [5.41, 5.74) is 4.47. The fraction of sp³-hybridized carbons (Fsp3) is 0.400. The smallest absolute Gasteiger partial charge is 0.258 e. The molecule has 3 aromatic rings. The molecule has 0 aliphatic heterocycles. The number of anilines is 1. The average Bonchev–Trinajstić information content (AvgIpc) is 2.84. The van der Waals surface area contributed by atoms with Gasteiger partial charge in [0.05, 0.1) is 0 Å². The quantitative estimate of drug-likeness (QED) is 0.520. The van der Waals surface area contributed by atoms with Crippen LogP contribution in [0.5, 0.6) is 5.88 Å². The number of carbonyl (C=O) groups is 1. The van der Waals surface area contributed by atoms with E-state index in [4.69, 9.17) is 4.74 Å². The summed E-state index contributed by atoms with van der Waals surface area (Å²) in [4.78, 5) is 23.3. The number of rotatable bonds is 9. The van der Waals surface area contributed by atoms with Gasteiger partial charge in [-0.1, -0.05) is 12.1 Å². The molecule has 0 saturated carbocycles. The fourth-order valence-electron chi connectivity index (χ4n) is 4.00. The molecule has 178 valence electrons. The van der Waals surface area contributed by atoms with Crippen molar-refractivity contribution >= 4 is 11.7 Å². The van der Waals surface area contributed by atoms with E-state index in [0.717, 1.165) is 35.6 Å². The minimum atomic E-state index is -0.265. The van der Waals surface area contributed by atoms with Crippen molar-refractivity contribution in [3.05, 3.63) is 70.6 Å². The van der Waals surface area contributed by atoms with E-state index in [9.17, 15) is 9.18 Å². The number of hydrogen-bond acceptors (Lipinski definition) is 7. The SMILES string of the molecule is Cc1nc(CCNC(=O)COc2ccc(N(C)Cc3ccc(F)cc3)nn2)nc2c1CCCC2. The largest absolute Gasteiger partial charge is 0.466 e. The van der Waals surface area contributed by atoms with Crippen LogP contribution in [0, 0.1) is 12.7 Å². The first-order chi connectivity index (χ1) is 16.5. The van der Waals surface area contributed by atoms with Gasteiger partial charge in [0, 0.05) is 44.0 Å². The molecule has 1 aromatic carbocycles. The Morgan fingerprint density at radius 3 is 2.65 bits per heavy atom. The molecule has 0 radical (unpaired) electrons. The van der Waals surface area contributed by atoms with Crippen LogP contribution in [0.3, 0.4) is 0 Å². The lowest BCUT2D eigenvalue weighted by atomic mass is 9.95. The van der Waals surface area contributed by atoms with E-state index < -0.39 is 0 Å². The molecule has 2 aromatic heterocycles. The van der Waals surface area contributed by atoms with E-state index in [1.807, 2.05) is 18.9 Å². The van der Waals surface area contributed by atoms with Crippen molar-refractivity contribution < 1.29 is 13.9 Å². The predicted octanol–water partition coefficient (Wildman–Crippen LogP) is 2.97. The summed E-state index contributed by atoms with van der Waals surface area (Å²) < 4.78 is 18.5. The highest BCUT2D eigenvalue weighted by Crippen LogP contribution is 2.21. The number of fused-ring (bicyclic) bond motifs is 1. The Bertz CT molecular complexity index is 1120. The lowest BCUT2D eigenvalue weighted by molar-refractivity contribution is -0.123. The zero-order chi connectivity index (χ0) is 23.9. The van der Waals surface area contributed by atoms with Gasteiger partial charge < -0.3 is 15.0 Å². The maximum atomic E-state index is 13.1. The Morgan fingerprint density at radius 2 is 1.88 bits per heavy atom. The number of nitrogens with one attached hydrogen (secondary N) is 1. The van der Waals surface area contributed by atoms with Crippen molar-refractivity contribution in [3.8, 4) is 5.88 Å². The Balaban J connectivity index is 1.20. The van der Waals surface area contributed by atoms with Gasteiger partial charge in [0.15, 0.2) is 12.4 Å². The van der Waals surface area contributed by atoms with Crippen LogP contribution in [0.1, 0.15) is 41.2 Å². The molecular weight excluding hydrogens is 435 g/mol. The van der Waals surface area contributed by atoms with Crippen LogP contribution in [0.25, 0.3) is 0 Å². The summed E-state index contributed by atoms with van der Waals surface area (Å²) in [6, 6.07) is 9.75. The van der Waals surface area contributed by atoms with Crippen LogP contribution in [0.2, 0.25) is 0 Å². The molecule has 34 heavy (non-hydrogen) atoms. The van der Waals surface area contributed by atoms with E-state index >= 15 is 0 Å². The number of carbonyl (C=O) groups excluding carboxylic acids is 1. The highest BCUT2D eigenvalue weighted by atomic mass is 19.1. The fourth-order valence-corrected chi connectivity index (χ4v) is 4.00. The molecule has 0 atom stereocenters. The zero-order valence-corrected chi connectivity index (χ0v) is 19.6. The van der Waals surface area contributed by atoms with Crippen molar-refractivity contribution in [2.24, 2.45) is 0 Å². The number of aromatic nitrogens is 4.